The zero-order valence-electron chi connectivity index (χ0n) is 12.1. The van der Waals surface area contributed by atoms with Crippen LogP contribution >= 0.6 is 0 Å². The molecule has 0 atom stereocenters. The number of hydrogen-bond donors (Lipinski definition) is 0. The highest BCUT2D eigenvalue weighted by molar-refractivity contribution is 5.71. The van der Waals surface area contributed by atoms with Gasteiger partial charge in [0.05, 0.1) is 18.6 Å². The first-order valence-electron chi connectivity index (χ1n) is 7.59. The van der Waals surface area contributed by atoms with E-state index in [1.807, 2.05) is 18.2 Å². The van der Waals surface area contributed by atoms with Crippen LogP contribution in [0, 0.1) is 0 Å². The molecule has 108 valence electrons. The zero-order valence-corrected chi connectivity index (χ0v) is 12.1. The van der Waals surface area contributed by atoms with Gasteiger partial charge in [-0.15, -0.1) is 0 Å². The van der Waals surface area contributed by atoms with Gasteiger partial charge in [-0.25, -0.2) is 0 Å². The van der Waals surface area contributed by atoms with Gasteiger partial charge >= 0.3 is 0 Å². The van der Waals surface area contributed by atoms with E-state index in [2.05, 4.69) is 0 Å². The molecule has 0 bridgehead atoms. The lowest BCUT2D eigenvalue weighted by Crippen LogP contribution is -2.35. The Hall–Kier alpha value is -1.51. The van der Waals surface area contributed by atoms with Crippen LogP contribution in [0.15, 0.2) is 18.2 Å². The Labute approximate surface area is 120 Å². The van der Waals surface area contributed by atoms with E-state index in [0.717, 1.165) is 55.5 Å². The lowest BCUT2D eigenvalue weighted by molar-refractivity contribution is -0.115. The van der Waals surface area contributed by atoms with Gasteiger partial charge in [0.15, 0.2) is 11.5 Å². The number of hydrogen-bond acceptors (Lipinski definition) is 3. The maximum absolute atomic E-state index is 11.4. The van der Waals surface area contributed by atoms with E-state index in [1.165, 1.54) is 12.8 Å². The fourth-order valence-corrected chi connectivity index (χ4v) is 3.30. The highest BCUT2D eigenvalue weighted by Crippen LogP contribution is 2.44. The number of carbonyl (C=O) groups excluding carboxylic acids is 1. The van der Waals surface area contributed by atoms with E-state index >= 15 is 0 Å². The van der Waals surface area contributed by atoms with Crippen LogP contribution in [0.25, 0.3) is 0 Å². The van der Waals surface area contributed by atoms with E-state index in [4.69, 9.17) is 9.47 Å². The summed E-state index contributed by atoms with van der Waals surface area (Å²) in [7, 11) is 1.66. The van der Waals surface area contributed by atoms with Crippen LogP contribution < -0.4 is 9.47 Å². The van der Waals surface area contributed by atoms with Crippen molar-refractivity contribution >= 4 is 6.29 Å². The third-order valence-corrected chi connectivity index (χ3v) is 4.81. The Morgan fingerprint density at radius 2 is 1.90 bits per heavy atom. The van der Waals surface area contributed by atoms with Crippen LogP contribution in [-0.4, -0.2) is 19.5 Å². The van der Waals surface area contributed by atoms with E-state index < -0.39 is 0 Å². The van der Waals surface area contributed by atoms with Crippen molar-refractivity contribution in [3.05, 3.63) is 23.8 Å². The molecule has 0 aliphatic heterocycles. The monoisotopic (exact) mass is 274 g/mol. The molecule has 2 aliphatic rings. The van der Waals surface area contributed by atoms with Crippen molar-refractivity contribution in [3.63, 3.8) is 0 Å². The Morgan fingerprint density at radius 1 is 1.15 bits per heavy atom. The van der Waals surface area contributed by atoms with Crippen LogP contribution in [0.2, 0.25) is 0 Å². The van der Waals surface area contributed by atoms with Crippen LogP contribution in [-0.2, 0) is 10.2 Å². The molecule has 0 amide bonds. The second-order valence-electron chi connectivity index (χ2n) is 6.02. The number of carbonyl (C=O) groups is 1. The summed E-state index contributed by atoms with van der Waals surface area (Å²) >= 11 is 0. The Balaban J connectivity index is 1.87. The third kappa shape index (κ3) is 2.30. The zero-order chi connectivity index (χ0) is 14.0. The molecule has 2 aliphatic carbocycles. The second-order valence-corrected chi connectivity index (χ2v) is 6.02. The van der Waals surface area contributed by atoms with Gasteiger partial charge in [-0.3, -0.25) is 0 Å². The largest absolute Gasteiger partial charge is 0.493 e. The van der Waals surface area contributed by atoms with Crippen molar-refractivity contribution in [1.29, 1.82) is 0 Å². The molecule has 0 radical (unpaired) electrons. The van der Waals surface area contributed by atoms with E-state index in [9.17, 15) is 4.79 Å². The second kappa shape index (κ2) is 5.47. The molecule has 3 nitrogen and oxygen atoms in total. The summed E-state index contributed by atoms with van der Waals surface area (Å²) in [5, 5.41) is 0. The smallest absolute Gasteiger partial charge is 0.161 e. The molecular formula is C17H22O3. The van der Waals surface area contributed by atoms with Crippen LogP contribution in [0.5, 0.6) is 11.5 Å². The van der Waals surface area contributed by atoms with E-state index in [-0.39, 0.29) is 5.41 Å². The number of benzene rings is 1. The van der Waals surface area contributed by atoms with Crippen molar-refractivity contribution in [2.45, 2.75) is 56.5 Å². The molecule has 3 heteroatoms. The topological polar surface area (TPSA) is 35.5 Å². The normalized spacial score (nSPS) is 21.2. The molecule has 0 saturated heterocycles. The molecule has 0 heterocycles. The predicted octanol–water partition coefficient (Wildman–Crippen LogP) is 3.64. The number of aldehydes is 1. The minimum absolute atomic E-state index is 0.278. The molecule has 20 heavy (non-hydrogen) atoms. The summed E-state index contributed by atoms with van der Waals surface area (Å²) in [5.74, 6) is 1.56. The van der Waals surface area contributed by atoms with Gasteiger partial charge in [0, 0.05) is 0 Å². The van der Waals surface area contributed by atoms with Gasteiger partial charge in [0.25, 0.3) is 0 Å². The minimum Gasteiger partial charge on any atom is -0.493 e. The van der Waals surface area contributed by atoms with Crippen molar-refractivity contribution in [2.75, 3.05) is 7.11 Å². The summed E-state index contributed by atoms with van der Waals surface area (Å²) in [5.41, 5.74) is 0.799. The van der Waals surface area contributed by atoms with Crippen LogP contribution in [0.4, 0.5) is 0 Å². The quantitative estimate of drug-likeness (QED) is 0.769. The molecule has 1 aromatic rings. The molecule has 3 rings (SSSR count). The SMILES string of the molecule is COc1ccc(C2(C=O)CCC2)cc1OC1CCCC1. The molecule has 1 aromatic carbocycles. The molecule has 0 aromatic heterocycles. The summed E-state index contributed by atoms with van der Waals surface area (Å²) in [6, 6.07) is 5.96. The summed E-state index contributed by atoms with van der Waals surface area (Å²) < 4.78 is 11.5. The van der Waals surface area contributed by atoms with Gasteiger partial charge in [-0.05, 0) is 56.2 Å². The third-order valence-electron chi connectivity index (χ3n) is 4.81. The van der Waals surface area contributed by atoms with Crippen molar-refractivity contribution in [3.8, 4) is 11.5 Å². The molecular weight excluding hydrogens is 252 g/mol. The van der Waals surface area contributed by atoms with Gasteiger partial charge in [-0.2, -0.15) is 0 Å². The predicted molar refractivity (Wildman–Crippen MR) is 77.5 cm³/mol. The maximum atomic E-state index is 11.4. The highest BCUT2D eigenvalue weighted by Gasteiger charge is 2.39. The van der Waals surface area contributed by atoms with E-state index in [0.29, 0.717) is 6.10 Å². The molecule has 2 fully saturated rings. The average Bonchev–Trinajstić information content (AvgIpc) is 2.91. The number of methoxy groups -OCH3 is 1. The summed E-state index contributed by atoms with van der Waals surface area (Å²) in [4.78, 5) is 11.4. The molecule has 0 spiro atoms. The lowest BCUT2D eigenvalue weighted by atomic mass is 9.65. The van der Waals surface area contributed by atoms with Gasteiger partial charge < -0.3 is 14.3 Å². The molecule has 0 unspecified atom stereocenters. The highest BCUT2D eigenvalue weighted by atomic mass is 16.5. The maximum Gasteiger partial charge on any atom is 0.161 e. The summed E-state index contributed by atoms with van der Waals surface area (Å²) in [6.07, 6.45) is 9.15. The van der Waals surface area contributed by atoms with Gasteiger partial charge in [0.2, 0.25) is 0 Å². The number of rotatable bonds is 5. The van der Waals surface area contributed by atoms with Crippen LogP contribution in [0.1, 0.15) is 50.5 Å². The fourth-order valence-electron chi connectivity index (χ4n) is 3.30. The first-order valence-corrected chi connectivity index (χ1v) is 7.59. The molecule has 2 saturated carbocycles. The van der Waals surface area contributed by atoms with Crippen molar-refractivity contribution in [1.82, 2.24) is 0 Å². The minimum atomic E-state index is -0.278. The fraction of sp³-hybridized carbons (Fsp3) is 0.588. The lowest BCUT2D eigenvalue weighted by Gasteiger charge is -2.37. The standard InChI is InChI=1S/C17H22O3/c1-19-15-8-7-13(17(12-18)9-4-10-17)11-16(15)20-14-5-2-3-6-14/h7-8,11-12,14H,2-6,9-10H2,1H3. The van der Waals surface area contributed by atoms with Crippen molar-refractivity contribution in [2.24, 2.45) is 0 Å². The Morgan fingerprint density at radius 3 is 2.45 bits per heavy atom. The molecule has 0 N–H and O–H groups in total. The first kappa shape index (κ1) is 13.5. The van der Waals surface area contributed by atoms with Crippen molar-refractivity contribution < 1.29 is 14.3 Å². The number of ether oxygens (including phenoxy) is 2. The van der Waals surface area contributed by atoms with E-state index in [1.54, 1.807) is 7.11 Å². The van der Waals surface area contributed by atoms with Crippen LogP contribution in [0.3, 0.4) is 0 Å². The average molecular weight is 274 g/mol. The van der Waals surface area contributed by atoms with Gasteiger partial charge in [0.1, 0.15) is 6.29 Å². The Kier molecular flexibility index (Phi) is 3.68. The summed E-state index contributed by atoms with van der Waals surface area (Å²) in [6.45, 7) is 0. The Bertz CT molecular complexity index is 485. The first-order chi connectivity index (χ1) is 9.77. The van der Waals surface area contributed by atoms with Gasteiger partial charge in [-0.1, -0.05) is 12.5 Å².